The molecular weight excluding hydrogens is 464 g/mol. The Hall–Kier alpha value is -4.32. The molecule has 0 spiro atoms. The fraction of sp³-hybridized carbons (Fsp3) is 0.136. The number of hydrazone groups is 1. The molecule has 0 heterocycles. The summed E-state index contributed by atoms with van der Waals surface area (Å²) in [4.78, 5) is 10.2. The van der Waals surface area contributed by atoms with Gasteiger partial charge in [-0.15, -0.1) is 0 Å². The second-order valence-corrected chi connectivity index (χ2v) is 8.45. The third-order valence-electron chi connectivity index (χ3n) is 4.49. The SMILES string of the molecule is CCOc1cc(C=NNc2ccc([N+](=O)[O-])cc2S(=O)(=O)Nc2ccc(OC)cc2)ccc1O. The first-order valence-corrected chi connectivity index (χ1v) is 11.4. The normalized spacial score (nSPS) is 11.2. The number of hydrogen-bond donors (Lipinski definition) is 3. The molecule has 0 aromatic heterocycles. The highest BCUT2D eigenvalue weighted by molar-refractivity contribution is 7.92. The van der Waals surface area contributed by atoms with Crippen molar-refractivity contribution in [3.05, 3.63) is 76.3 Å². The summed E-state index contributed by atoms with van der Waals surface area (Å²) < 4.78 is 38.8. The van der Waals surface area contributed by atoms with Crippen molar-refractivity contribution in [2.24, 2.45) is 5.10 Å². The molecule has 0 radical (unpaired) electrons. The first-order valence-electron chi connectivity index (χ1n) is 9.93. The van der Waals surface area contributed by atoms with Gasteiger partial charge in [0, 0.05) is 17.8 Å². The van der Waals surface area contributed by atoms with Gasteiger partial charge in [-0.25, -0.2) is 8.42 Å². The van der Waals surface area contributed by atoms with Crippen molar-refractivity contribution < 1.29 is 27.9 Å². The quantitative estimate of drug-likeness (QED) is 0.221. The number of nitrogens with zero attached hydrogens (tertiary/aromatic N) is 2. The number of rotatable bonds is 10. The summed E-state index contributed by atoms with van der Waals surface area (Å²) in [5.74, 6) is 0.783. The van der Waals surface area contributed by atoms with Crippen LogP contribution in [0, 0.1) is 10.1 Å². The number of methoxy groups -OCH3 is 1. The van der Waals surface area contributed by atoms with Gasteiger partial charge in [-0.1, -0.05) is 0 Å². The van der Waals surface area contributed by atoms with Crippen LogP contribution in [0.3, 0.4) is 0 Å². The van der Waals surface area contributed by atoms with E-state index in [9.17, 15) is 23.6 Å². The molecule has 0 saturated carbocycles. The van der Waals surface area contributed by atoms with Gasteiger partial charge in [0.25, 0.3) is 15.7 Å². The van der Waals surface area contributed by atoms with E-state index in [1.54, 1.807) is 31.2 Å². The lowest BCUT2D eigenvalue weighted by atomic mass is 10.2. The van der Waals surface area contributed by atoms with Crippen LogP contribution in [-0.2, 0) is 10.0 Å². The van der Waals surface area contributed by atoms with E-state index >= 15 is 0 Å². The Morgan fingerprint density at radius 3 is 2.50 bits per heavy atom. The number of hydrogen-bond acceptors (Lipinski definition) is 9. The van der Waals surface area contributed by atoms with E-state index in [1.165, 1.54) is 37.6 Å². The molecular formula is C22H22N4O7S. The predicted molar refractivity (Wildman–Crippen MR) is 127 cm³/mol. The number of phenols is 1. The first-order chi connectivity index (χ1) is 16.2. The average molecular weight is 487 g/mol. The van der Waals surface area contributed by atoms with Gasteiger partial charge >= 0.3 is 0 Å². The van der Waals surface area contributed by atoms with Gasteiger partial charge in [-0.2, -0.15) is 5.10 Å². The summed E-state index contributed by atoms with van der Waals surface area (Å²) in [6.45, 7) is 2.13. The number of anilines is 2. The van der Waals surface area contributed by atoms with Crippen LogP contribution in [0.4, 0.5) is 17.1 Å². The molecule has 0 fully saturated rings. The fourth-order valence-corrected chi connectivity index (χ4v) is 4.10. The summed E-state index contributed by atoms with van der Waals surface area (Å²) in [6.07, 6.45) is 1.39. The Morgan fingerprint density at radius 1 is 1.12 bits per heavy atom. The first kappa shape index (κ1) is 24.3. The Kier molecular flexibility index (Phi) is 7.53. The molecule has 12 heteroatoms. The number of nitro groups is 1. The zero-order chi connectivity index (χ0) is 24.7. The van der Waals surface area contributed by atoms with Gasteiger partial charge in [0.2, 0.25) is 0 Å². The van der Waals surface area contributed by atoms with Crippen molar-refractivity contribution in [2.45, 2.75) is 11.8 Å². The smallest absolute Gasteiger partial charge is 0.270 e. The third kappa shape index (κ3) is 5.92. The predicted octanol–water partition coefficient (Wildman–Crippen LogP) is 3.95. The minimum Gasteiger partial charge on any atom is -0.504 e. The van der Waals surface area contributed by atoms with Crippen molar-refractivity contribution in [3.63, 3.8) is 0 Å². The van der Waals surface area contributed by atoms with Gasteiger partial charge in [0.1, 0.15) is 10.6 Å². The molecule has 34 heavy (non-hydrogen) atoms. The second kappa shape index (κ2) is 10.5. The lowest BCUT2D eigenvalue weighted by Crippen LogP contribution is -2.15. The molecule has 0 saturated heterocycles. The largest absolute Gasteiger partial charge is 0.504 e. The number of sulfonamides is 1. The highest BCUT2D eigenvalue weighted by Crippen LogP contribution is 2.29. The number of aromatic hydroxyl groups is 1. The summed E-state index contributed by atoms with van der Waals surface area (Å²) in [5.41, 5.74) is 3.04. The monoisotopic (exact) mass is 486 g/mol. The average Bonchev–Trinajstić information content (AvgIpc) is 2.81. The van der Waals surface area contributed by atoms with E-state index < -0.39 is 20.6 Å². The van der Waals surface area contributed by atoms with E-state index in [0.717, 1.165) is 12.1 Å². The summed E-state index contributed by atoms with van der Waals surface area (Å²) in [7, 11) is -2.74. The van der Waals surface area contributed by atoms with E-state index in [0.29, 0.717) is 17.9 Å². The molecule has 0 unspecified atom stereocenters. The molecule has 3 N–H and O–H groups in total. The minimum absolute atomic E-state index is 0.0201. The maximum absolute atomic E-state index is 13.0. The number of phenolic OH excluding ortho intramolecular Hbond substituents is 1. The summed E-state index contributed by atoms with van der Waals surface area (Å²) >= 11 is 0. The Bertz CT molecular complexity index is 1310. The highest BCUT2D eigenvalue weighted by atomic mass is 32.2. The highest BCUT2D eigenvalue weighted by Gasteiger charge is 2.22. The maximum atomic E-state index is 13.0. The number of benzene rings is 3. The number of non-ortho nitro benzene ring substituents is 1. The van der Waals surface area contributed by atoms with E-state index in [1.807, 2.05) is 0 Å². The molecule has 11 nitrogen and oxygen atoms in total. The molecule has 3 aromatic carbocycles. The van der Waals surface area contributed by atoms with Crippen LogP contribution in [0.15, 0.2) is 70.7 Å². The van der Waals surface area contributed by atoms with E-state index in [4.69, 9.17) is 9.47 Å². The van der Waals surface area contributed by atoms with Crippen LogP contribution in [0.25, 0.3) is 0 Å². The van der Waals surface area contributed by atoms with Crippen molar-refractivity contribution in [1.29, 1.82) is 0 Å². The Labute approximate surface area is 195 Å². The van der Waals surface area contributed by atoms with E-state index in [-0.39, 0.29) is 27.8 Å². The molecule has 178 valence electrons. The Morgan fingerprint density at radius 2 is 1.85 bits per heavy atom. The van der Waals surface area contributed by atoms with Crippen LogP contribution in [0.5, 0.6) is 17.2 Å². The zero-order valence-corrected chi connectivity index (χ0v) is 19.1. The van der Waals surface area contributed by atoms with Crippen molar-refractivity contribution in [3.8, 4) is 17.2 Å². The standard InChI is InChI=1S/C22H22N4O7S/c1-3-33-21-12-15(4-11-20(21)27)14-23-24-19-10-7-17(26(28)29)13-22(19)34(30,31)25-16-5-8-18(32-2)9-6-16/h4-14,24-25,27H,3H2,1-2H3. The number of ether oxygens (including phenoxy) is 2. The molecule has 0 amide bonds. The third-order valence-corrected chi connectivity index (χ3v) is 5.91. The molecule has 0 aliphatic carbocycles. The molecule has 0 atom stereocenters. The zero-order valence-electron chi connectivity index (χ0n) is 18.3. The van der Waals surface area contributed by atoms with Crippen LogP contribution in [-0.4, -0.2) is 38.4 Å². The topological polar surface area (TPSA) is 152 Å². The molecule has 0 aliphatic heterocycles. The van der Waals surface area contributed by atoms with Crippen molar-refractivity contribution in [1.82, 2.24) is 0 Å². The Balaban J connectivity index is 1.90. The second-order valence-electron chi connectivity index (χ2n) is 6.80. The van der Waals surface area contributed by atoms with Crippen LogP contribution in [0.1, 0.15) is 12.5 Å². The van der Waals surface area contributed by atoms with E-state index in [2.05, 4.69) is 15.2 Å². The van der Waals surface area contributed by atoms with Gasteiger partial charge in [0.05, 0.1) is 30.5 Å². The minimum atomic E-state index is -4.22. The van der Waals surface area contributed by atoms with Crippen molar-refractivity contribution >= 4 is 33.3 Å². The lowest BCUT2D eigenvalue weighted by Gasteiger charge is -2.12. The van der Waals surface area contributed by atoms with Crippen LogP contribution >= 0.6 is 0 Å². The molecule has 3 rings (SSSR count). The molecule has 0 aliphatic rings. The van der Waals surface area contributed by atoms with Gasteiger partial charge in [-0.3, -0.25) is 20.3 Å². The summed E-state index contributed by atoms with van der Waals surface area (Å²) in [6, 6.07) is 14.1. The van der Waals surface area contributed by atoms with Gasteiger partial charge < -0.3 is 14.6 Å². The number of nitro benzene ring substituents is 1. The summed E-state index contributed by atoms with van der Waals surface area (Å²) in [5, 5.41) is 25.1. The maximum Gasteiger partial charge on any atom is 0.270 e. The van der Waals surface area contributed by atoms with Crippen LogP contribution in [0.2, 0.25) is 0 Å². The molecule has 0 bridgehead atoms. The number of nitrogens with one attached hydrogen (secondary N) is 2. The lowest BCUT2D eigenvalue weighted by molar-refractivity contribution is -0.385. The molecule has 3 aromatic rings. The van der Waals surface area contributed by atoms with Gasteiger partial charge in [0.15, 0.2) is 11.5 Å². The van der Waals surface area contributed by atoms with Gasteiger partial charge in [-0.05, 0) is 61.0 Å². The fourth-order valence-electron chi connectivity index (χ4n) is 2.87. The van der Waals surface area contributed by atoms with Crippen LogP contribution < -0.4 is 19.6 Å². The van der Waals surface area contributed by atoms with Crippen molar-refractivity contribution in [2.75, 3.05) is 23.9 Å².